The number of carbonyl (C=O) groups excluding carboxylic acids is 1. The lowest BCUT2D eigenvalue weighted by Gasteiger charge is -2.09. The Morgan fingerprint density at radius 1 is 0.963 bits per heavy atom. The third kappa shape index (κ3) is 5.22. The lowest BCUT2D eigenvalue weighted by atomic mass is 10.2. The molecule has 0 radical (unpaired) electrons. The number of hydrogen-bond acceptors (Lipinski definition) is 5. The molecule has 3 aromatic rings. The zero-order chi connectivity index (χ0) is 19.6. The number of amides is 1. The van der Waals surface area contributed by atoms with Crippen molar-refractivity contribution in [1.82, 2.24) is 10.2 Å². The van der Waals surface area contributed by atoms with Gasteiger partial charge in [0.1, 0.15) is 0 Å². The molecule has 27 heavy (non-hydrogen) atoms. The normalized spacial score (nSPS) is 10.9. The number of anilines is 1. The summed E-state index contributed by atoms with van der Waals surface area (Å²) < 4.78 is 5.52. The van der Waals surface area contributed by atoms with Crippen molar-refractivity contribution in [2.75, 3.05) is 11.1 Å². The molecule has 1 heterocycles. The maximum Gasteiger partial charge on any atom is 0.277 e. The van der Waals surface area contributed by atoms with Gasteiger partial charge in [-0.3, -0.25) is 4.79 Å². The molecule has 0 spiro atoms. The highest BCUT2D eigenvalue weighted by atomic mass is 35.5. The molecule has 0 unspecified atom stereocenters. The van der Waals surface area contributed by atoms with Crippen LogP contribution in [0.25, 0.3) is 11.5 Å². The number of hydrogen-bond donors (Lipinski definition) is 1. The number of aromatic nitrogens is 2. The van der Waals surface area contributed by atoms with E-state index in [9.17, 15) is 4.79 Å². The first kappa shape index (κ1) is 20.6. The molecule has 0 aliphatic heterocycles. The molecule has 0 saturated heterocycles. The Hall–Kier alpha value is -1.15. The average molecular weight is 484 g/mol. The fourth-order valence-corrected chi connectivity index (χ4v) is 3.97. The maximum atomic E-state index is 12.1. The zero-order valence-electron chi connectivity index (χ0n) is 13.1. The Balaban J connectivity index is 1.64. The SMILES string of the molecule is O=C(CSc1nnc(-c2ccc(Cl)cc2Cl)o1)Nc1c(Cl)cc(Cl)cc1Cl. The van der Waals surface area contributed by atoms with E-state index in [1.165, 1.54) is 12.1 Å². The number of carbonyl (C=O) groups is 1. The highest BCUT2D eigenvalue weighted by Crippen LogP contribution is 2.34. The second kappa shape index (κ2) is 8.90. The number of nitrogens with one attached hydrogen (secondary N) is 1. The van der Waals surface area contributed by atoms with Crippen LogP contribution in [0.4, 0.5) is 5.69 Å². The fraction of sp³-hybridized carbons (Fsp3) is 0.0625. The van der Waals surface area contributed by atoms with Gasteiger partial charge in [0.25, 0.3) is 5.22 Å². The summed E-state index contributed by atoms with van der Waals surface area (Å²) in [6.45, 7) is 0. The minimum absolute atomic E-state index is 0.00523. The number of rotatable bonds is 5. The molecule has 1 amide bonds. The van der Waals surface area contributed by atoms with Crippen LogP contribution in [-0.4, -0.2) is 21.9 Å². The summed E-state index contributed by atoms with van der Waals surface area (Å²) in [5.41, 5.74) is 0.831. The second-order valence-electron chi connectivity index (χ2n) is 5.08. The molecule has 0 fully saturated rings. The quantitative estimate of drug-likeness (QED) is 0.407. The first-order valence-corrected chi connectivity index (χ1v) is 10.1. The van der Waals surface area contributed by atoms with Crippen molar-refractivity contribution in [1.29, 1.82) is 0 Å². The summed E-state index contributed by atoms with van der Waals surface area (Å²) in [6.07, 6.45) is 0. The molecule has 2 aromatic carbocycles. The largest absolute Gasteiger partial charge is 0.411 e. The average Bonchev–Trinajstić information content (AvgIpc) is 3.05. The number of benzene rings is 2. The van der Waals surface area contributed by atoms with E-state index in [0.29, 0.717) is 20.6 Å². The summed E-state index contributed by atoms with van der Waals surface area (Å²) in [6, 6.07) is 7.87. The van der Waals surface area contributed by atoms with Crippen LogP contribution in [0.2, 0.25) is 25.1 Å². The topological polar surface area (TPSA) is 68.0 Å². The summed E-state index contributed by atoms with van der Waals surface area (Å²) >= 11 is 31.0. The van der Waals surface area contributed by atoms with Gasteiger partial charge in [-0.15, -0.1) is 10.2 Å². The molecular formula is C16H8Cl5N3O2S. The van der Waals surface area contributed by atoms with Crippen LogP contribution in [0.1, 0.15) is 0 Å². The summed E-state index contributed by atoms with van der Waals surface area (Å²) in [5.74, 6) is -0.121. The van der Waals surface area contributed by atoms with Gasteiger partial charge in [0, 0.05) is 10.0 Å². The van der Waals surface area contributed by atoms with E-state index in [-0.39, 0.29) is 38.5 Å². The predicted octanol–water partition coefficient (Wildman–Crippen LogP) is 6.73. The second-order valence-corrected chi connectivity index (χ2v) is 8.10. The van der Waals surface area contributed by atoms with Gasteiger partial charge in [-0.2, -0.15) is 0 Å². The van der Waals surface area contributed by atoms with E-state index in [0.717, 1.165) is 11.8 Å². The van der Waals surface area contributed by atoms with Crippen molar-refractivity contribution in [2.24, 2.45) is 0 Å². The molecule has 3 rings (SSSR count). The van der Waals surface area contributed by atoms with Crippen LogP contribution >= 0.6 is 69.8 Å². The lowest BCUT2D eigenvalue weighted by Crippen LogP contribution is -2.14. The van der Waals surface area contributed by atoms with Crippen LogP contribution in [0, 0.1) is 0 Å². The Labute approximate surface area is 183 Å². The lowest BCUT2D eigenvalue weighted by molar-refractivity contribution is -0.113. The standard InChI is InChI=1S/C16H8Cl5N3O2S/c17-7-1-2-9(10(19)3-7)15-23-24-16(26-15)27-6-13(25)22-14-11(20)4-8(18)5-12(14)21/h1-5H,6H2,(H,22,25). The van der Waals surface area contributed by atoms with Gasteiger partial charge in [0.15, 0.2) is 0 Å². The van der Waals surface area contributed by atoms with Crippen molar-refractivity contribution >= 4 is 81.4 Å². The number of halogens is 5. The molecular weight excluding hydrogens is 476 g/mol. The van der Waals surface area contributed by atoms with E-state index < -0.39 is 0 Å². The third-order valence-corrected chi connectivity index (χ3v) is 5.35. The van der Waals surface area contributed by atoms with Crippen molar-refractivity contribution < 1.29 is 9.21 Å². The van der Waals surface area contributed by atoms with Gasteiger partial charge in [-0.25, -0.2) is 0 Å². The van der Waals surface area contributed by atoms with Gasteiger partial charge >= 0.3 is 0 Å². The van der Waals surface area contributed by atoms with Crippen LogP contribution < -0.4 is 5.32 Å². The summed E-state index contributed by atoms with van der Waals surface area (Å²) in [4.78, 5) is 12.1. The Morgan fingerprint density at radius 3 is 2.30 bits per heavy atom. The number of thioether (sulfide) groups is 1. The Bertz CT molecular complexity index is 988. The Kier molecular flexibility index (Phi) is 6.78. The van der Waals surface area contributed by atoms with Crippen molar-refractivity contribution in [3.05, 3.63) is 55.4 Å². The van der Waals surface area contributed by atoms with E-state index in [1.54, 1.807) is 18.2 Å². The van der Waals surface area contributed by atoms with Gasteiger partial charge in [-0.1, -0.05) is 69.8 Å². The molecule has 140 valence electrons. The molecule has 0 aliphatic rings. The highest BCUT2D eigenvalue weighted by Gasteiger charge is 2.15. The third-order valence-electron chi connectivity index (χ3n) is 3.17. The van der Waals surface area contributed by atoms with E-state index in [2.05, 4.69) is 15.5 Å². The van der Waals surface area contributed by atoms with Crippen molar-refractivity contribution in [2.45, 2.75) is 5.22 Å². The minimum Gasteiger partial charge on any atom is -0.411 e. The van der Waals surface area contributed by atoms with Crippen molar-refractivity contribution in [3.63, 3.8) is 0 Å². The molecule has 1 N–H and O–H groups in total. The molecule has 0 saturated carbocycles. The minimum atomic E-state index is -0.351. The highest BCUT2D eigenvalue weighted by molar-refractivity contribution is 7.99. The van der Waals surface area contributed by atoms with E-state index >= 15 is 0 Å². The summed E-state index contributed by atoms with van der Waals surface area (Å²) in [5, 5.41) is 12.4. The van der Waals surface area contributed by atoms with Crippen molar-refractivity contribution in [3.8, 4) is 11.5 Å². The van der Waals surface area contributed by atoms with Gasteiger partial charge in [0.2, 0.25) is 11.8 Å². The molecule has 0 bridgehead atoms. The fourth-order valence-electron chi connectivity index (χ4n) is 2.00. The maximum absolute atomic E-state index is 12.1. The van der Waals surface area contributed by atoms with Gasteiger partial charge in [0.05, 0.1) is 32.1 Å². The van der Waals surface area contributed by atoms with E-state index in [4.69, 9.17) is 62.4 Å². The van der Waals surface area contributed by atoms with Crippen LogP contribution in [0.3, 0.4) is 0 Å². The first-order chi connectivity index (χ1) is 12.8. The predicted molar refractivity (Wildman–Crippen MR) is 111 cm³/mol. The molecule has 5 nitrogen and oxygen atoms in total. The number of nitrogens with zero attached hydrogens (tertiary/aromatic N) is 2. The van der Waals surface area contributed by atoms with Gasteiger partial charge in [-0.05, 0) is 30.3 Å². The molecule has 0 atom stereocenters. The smallest absolute Gasteiger partial charge is 0.277 e. The van der Waals surface area contributed by atoms with E-state index in [1.807, 2.05) is 0 Å². The summed E-state index contributed by atoms with van der Waals surface area (Å²) in [7, 11) is 0. The van der Waals surface area contributed by atoms with Crippen LogP contribution in [0.5, 0.6) is 0 Å². The van der Waals surface area contributed by atoms with Gasteiger partial charge < -0.3 is 9.73 Å². The van der Waals surface area contributed by atoms with Crippen LogP contribution in [0.15, 0.2) is 40.0 Å². The Morgan fingerprint density at radius 2 is 1.63 bits per heavy atom. The monoisotopic (exact) mass is 481 g/mol. The zero-order valence-corrected chi connectivity index (χ0v) is 17.7. The first-order valence-electron chi connectivity index (χ1n) is 7.19. The molecule has 0 aliphatic carbocycles. The molecule has 11 heteroatoms. The molecule has 1 aromatic heterocycles. The van der Waals surface area contributed by atoms with Crippen LogP contribution in [-0.2, 0) is 4.79 Å².